The van der Waals surface area contributed by atoms with Crippen LogP contribution in [-0.4, -0.2) is 21.8 Å². The summed E-state index contributed by atoms with van der Waals surface area (Å²) in [7, 11) is -3.46. The van der Waals surface area contributed by atoms with Crippen molar-refractivity contribution in [1.82, 2.24) is 4.72 Å². The minimum absolute atomic E-state index is 0.137. The first kappa shape index (κ1) is 12.2. The largest absolute Gasteiger partial charge is 0.454 e. The fraction of sp³-hybridized carbons (Fsp3) is 0.455. The maximum atomic E-state index is 11.9. The van der Waals surface area contributed by atoms with Crippen LogP contribution in [0, 0.1) is 5.92 Å². The summed E-state index contributed by atoms with van der Waals surface area (Å²) in [5.74, 6) is 1.31. The summed E-state index contributed by atoms with van der Waals surface area (Å²) in [6.07, 6.45) is 0. The molecule has 0 saturated carbocycles. The molecule has 0 aliphatic carbocycles. The SMILES string of the molecule is CC(C)CNS(=O)(=O)c1ccc2c(c1)OCO2. The molecule has 0 amide bonds. The normalized spacial score (nSPS) is 14.3. The fourth-order valence-corrected chi connectivity index (χ4v) is 2.63. The van der Waals surface area contributed by atoms with Crippen LogP contribution in [0.2, 0.25) is 0 Å². The van der Waals surface area contributed by atoms with E-state index in [0.29, 0.717) is 18.0 Å². The number of hydrogen-bond acceptors (Lipinski definition) is 4. The lowest BCUT2D eigenvalue weighted by molar-refractivity contribution is 0.174. The average molecular weight is 257 g/mol. The summed E-state index contributed by atoms with van der Waals surface area (Å²) in [6.45, 7) is 4.44. The molecule has 5 nitrogen and oxygen atoms in total. The minimum Gasteiger partial charge on any atom is -0.454 e. The highest BCUT2D eigenvalue weighted by Crippen LogP contribution is 2.33. The quantitative estimate of drug-likeness (QED) is 0.884. The Morgan fingerprint density at radius 2 is 2.00 bits per heavy atom. The smallest absolute Gasteiger partial charge is 0.240 e. The van der Waals surface area contributed by atoms with Gasteiger partial charge in [0.2, 0.25) is 16.8 Å². The highest BCUT2D eigenvalue weighted by molar-refractivity contribution is 7.89. The van der Waals surface area contributed by atoms with E-state index in [4.69, 9.17) is 9.47 Å². The van der Waals surface area contributed by atoms with E-state index in [-0.39, 0.29) is 17.6 Å². The van der Waals surface area contributed by atoms with Gasteiger partial charge in [0.05, 0.1) is 4.90 Å². The minimum atomic E-state index is -3.46. The number of ether oxygens (including phenoxy) is 2. The first-order chi connectivity index (χ1) is 7.99. The van der Waals surface area contributed by atoms with Gasteiger partial charge in [-0.05, 0) is 18.1 Å². The van der Waals surface area contributed by atoms with Crippen molar-refractivity contribution >= 4 is 10.0 Å². The lowest BCUT2D eigenvalue weighted by atomic mass is 10.2. The maximum absolute atomic E-state index is 11.9. The molecule has 6 heteroatoms. The second-order valence-corrected chi connectivity index (χ2v) is 6.03. The molecule has 0 atom stereocenters. The molecule has 1 N–H and O–H groups in total. The van der Waals surface area contributed by atoms with E-state index in [2.05, 4.69) is 4.72 Å². The number of rotatable bonds is 4. The summed E-state index contributed by atoms with van der Waals surface area (Å²) in [6, 6.07) is 4.59. The molecule has 0 saturated heterocycles. The Balaban J connectivity index is 2.22. The highest BCUT2D eigenvalue weighted by Gasteiger charge is 2.20. The first-order valence-corrected chi connectivity index (χ1v) is 6.86. The van der Waals surface area contributed by atoms with Crippen LogP contribution in [-0.2, 0) is 10.0 Å². The van der Waals surface area contributed by atoms with Gasteiger partial charge in [-0.1, -0.05) is 13.8 Å². The van der Waals surface area contributed by atoms with Crippen molar-refractivity contribution in [1.29, 1.82) is 0 Å². The van der Waals surface area contributed by atoms with Crippen molar-refractivity contribution in [3.8, 4) is 11.5 Å². The lowest BCUT2D eigenvalue weighted by Gasteiger charge is -2.09. The predicted molar refractivity (Wildman–Crippen MR) is 62.6 cm³/mol. The Morgan fingerprint density at radius 3 is 2.71 bits per heavy atom. The molecule has 0 aromatic heterocycles. The molecule has 1 aliphatic heterocycles. The Morgan fingerprint density at radius 1 is 1.29 bits per heavy atom. The van der Waals surface area contributed by atoms with E-state index in [1.807, 2.05) is 13.8 Å². The number of sulfonamides is 1. The van der Waals surface area contributed by atoms with Crippen LogP contribution in [0.1, 0.15) is 13.8 Å². The molecule has 0 bridgehead atoms. The van der Waals surface area contributed by atoms with Crippen LogP contribution >= 0.6 is 0 Å². The molecule has 94 valence electrons. The van der Waals surface area contributed by atoms with Crippen molar-refractivity contribution in [3.63, 3.8) is 0 Å². The van der Waals surface area contributed by atoms with Crippen molar-refractivity contribution in [2.45, 2.75) is 18.7 Å². The van der Waals surface area contributed by atoms with Gasteiger partial charge in [-0.3, -0.25) is 0 Å². The molecular weight excluding hydrogens is 242 g/mol. The highest BCUT2D eigenvalue weighted by atomic mass is 32.2. The zero-order valence-electron chi connectivity index (χ0n) is 9.76. The molecule has 2 rings (SSSR count). The van der Waals surface area contributed by atoms with Crippen molar-refractivity contribution in [2.75, 3.05) is 13.3 Å². The van der Waals surface area contributed by atoms with Crippen LogP contribution < -0.4 is 14.2 Å². The van der Waals surface area contributed by atoms with Crippen LogP contribution in [0.5, 0.6) is 11.5 Å². The van der Waals surface area contributed by atoms with E-state index in [1.165, 1.54) is 12.1 Å². The van der Waals surface area contributed by atoms with E-state index >= 15 is 0 Å². The van der Waals surface area contributed by atoms with Crippen molar-refractivity contribution < 1.29 is 17.9 Å². The van der Waals surface area contributed by atoms with Crippen LogP contribution in [0.25, 0.3) is 0 Å². The molecule has 1 heterocycles. The van der Waals surface area contributed by atoms with Crippen LogP contribution in [0.4, 0.5) is 0 Å². The van der Waals surface area contributed by atoms with Gasteiger partial charge in [0, 0.05) is 12.6 Å². The van der Waals surface area contributed by atoms with Crippen LogP contribution in [0.3, 0.4) is 0 Å². The second kappa shape index (κ2) is 4.54. The summed E-state index contributed by atoms with van der Waals surface area (Å²) in [5, 5.41) is 0. The molecule has 0 unspecified atom stereocenters. The zero-order chi connectivity index (χ0) is 12.5. The van der Waals surface area contributed by atoms with Crippen LogP contribution in [0.15, 0.2) is 23.1 Å². The Hall–Kier alpha value is -1.27. The van der Waals surface area contributed by atoms with E-state index in [9.17, 15) is 8.42 Å². The lowest BCUT2D eigenvalue weighted by Crippen LogP contribution is -2.27. The van der Waals surface area contributed by atoms with Gasteiger partial charge < -0.3 is 9.47 Å². The van der Waals surface area contributed by atoms with Gasteiger partial charge in [0.1, 0.15) is 0 Å². The van der Waals surface area contributed by atoms with Gasteiger partial charge >= 0.3 is 0 Å². The number of nitrogens with one attached hydrogen (secondary N) is 1. The third kappa shape index (κ3) is 2.70. The zero-order valence-corrected chi connectivity index (χ0v) is 10.6. The Labute approximate surface area is 101 Å². The van der Waals surface area contributed by atoms with Gasteiger partial charge in [0.25, 0.3) is 0 Å². The maximum Gasteiger partial charge on any atom is 0.240 e. The number of hydrogen-bond donors (Lipinski definition) is 1. The summed E-state index contributed by atoms with van der Waals surface area (Å²) in [4.78, 5) is 0.197. The van der Waals surface area contributed by atoms with Gasteiger partial charge in [-0.25, -0.2) is 13.1 Å². The van der Waals surface area contributed by atoms with Gasteiger partial charge in [-0.15, -0.1) is 0 Å². The third-order valence-corrected chi connectivity index (χ3v) is 3.76. The molecular formula is C11H15NO4S. The number of benzene rings is 1. The van der Waals surface area contributed by atoms with Crippen molar-refractivity contribution in [3.05, 3.63) is 18.2 Å². The number of fused-ring (bicyclic) bond motifs is 1. The molecule has 1 aromatic rings. The monoisotopic (exact) mass is 257 g/mol. The summed E-state index contributed by atoms with van der Waals surface area (Å²) in [5.41, 5.74) is 0. The van der Waals surface area contributed by atoms with Gasteiger partial charge in [0.15, 0.2) is 11.5 Å². The molecule has 1 aromatic carbocycles. The van der Waals surface area contributed by atoms with E-state index in [0.717, 1.165) is 0 Å². The first-order valence-electron chi connectivity index (χ1n) is 5.38. The molecule has 0 fully saturated rings. The fourth-order valence-electron chi connectivity index (χ4n) is 1.40. The van der Waals surface area contributed by atoms with Crippen molar-refractivity contribution in [2.24, 2.45) is 5.92 Å². The molecule has 0 radical (unpaired) electrons. The topological polar surface area (TPSA) is 64.6 Å². The molecule has 1 aliphatic rings. The average Bonchev–Trinajstić information content (AvgIpc) is 2.73. The van der Waals surface area contributed by atoms with Gasteiger partial charge in [-0.2, -0.15) is 0 Å². The van der Waals surface area contributed by atoms with E-state index < -0.39 is 10.0 Å². The summed E-state index contributed by atoms with van der Waals surface area (Å²) < 4.78 is 36.7. The third-order valence-electron chi connectivity index (χ3n) is 2.34. The molecule has 17 heavy (non-hydrogen) atoms. The molecule has 0 spiro atoms. The Kier molecular flexibility index (Phi) is 3.26. The second-order valence-electron chi connectivity index (χ2n) is 4.26. The van der Waals surface area contributed by atoms with E-state index in [1.54, 1.807) is 6.07 Å². The standard InChI is InChI=1S/C11H15NO4S/c1-8(2)6-12-17(13,14)9-3-4-10-11(5-9)16-7-15-10/h3-5,8,12H,6-7H2,1-2H3. The Bertz CT molecular complexity index is 510. The predicted octanol–water partition coefficient (Wildman–Crippen LogP) is 1.35. The summed E-state index contributed by atoms with van der Waals surface area (Å²) >= 11 is 0.